The molecule has 0 fully saturated rings. The van der Waals surface area contributed by atoms with Crippen molar-refractivity contribution >= 4 is 11.9 Å². The maximum Gasteiger partial charge on any atom is 0.203 e. The normalized spacial score (nSPS) is 10.9. The third-order valence-electron chi connectivity index (χ3n) is 2.52. The van der Waals surface area contributed by atoms with Crippen LogP contribution in [-0.4, -0.2) is 46.6 Å². The van der Waals surface area contributed by atoms with Crippen molar-refractivity contribution in [2.75, 3.05) is 35.4 Å². The molecule has 0 atom stereocenters. The monoisotopic (exact) mass is 265 g/mol. The van der Waals surface area contributed by atoms with Gasteiger partial charge in [-0.2, -0.15) is 0 Å². The van der Waals surface area contributed by atoms with E-state index in [0.717, 1.165) is 6.29 Å². The smallest absolute Gasteiger partial charge is 0.203 e. The molecule has 0 heterocycles. The van der Waals surface area contributed by atoms with Crippen LogP contribution in [0.5, 0.6) is 17.2 Å². The van der Waals surface area contributed by atoms with Gasteiger partial charge in [-0.3, -0.25) is 4.79 Å². The molecule has 0 aliphatic heterocycles. The lowest BCUT2D eigenvalue weighted by molar-refractivity contribution is -0.103. The number of benzene rings is 1. The summed E-state index contributed by atoms with van der Waals surface area (Å²) in [6.45, 7) is 0. The van der Waals surface area contributed by atoms with E-state index in [2.05, 4.69) is 0 Å². The summed E-state index contributed by atoms with van der Waals surface area (Å²) in [7, 11) is 8.31. The molecule has 0 saturated carbocycles. The molecule has 1 rings (SSSR count). The zero-order valence-corrected chi connectivity index (χ0v) is 11.9. The Balaban J connectivity index is 3.41. The highest BCUT2D eigenvalue weighted by atomic mass is 16.5. The number of ether oxygens (including phenoxy) is 3. The van der Waals surface area contributed by atoms with E-state index in [0.29, 0.717) is 28.4 Å². The molecular formula is C14H19NO4. The van der Waals surface area contributed by atoms with Crippen LogP contribution in [-0.2, 0) is 4.79 Å². The van der Waals surface area contributed by atoms with Gasteiger partial charge in [-0.15, -0.1) is 0 Å². The third kappa shape index (κ3) is 3.40. The lowest BCUT2D eigenvalue weighted by Crippen LogP contribution is -2.04. The molecule has 0 bridgehead atoms. The molecule has 0 aliphatic carbocycles. The van der Waals surface area contributed by atoms with Crippen LogP contribution in [0.2, 0.25) is 0 Å². The van der Waals surface area contributed by atoms with Crippen LogP contribution in [0.15, 0.2) is 18.3 Å². The Morgan fingerprint density at radius 2 is 1.58 bits per heavy atom. The molecule has 1 aromatic carbocycles. The summed E-state index contributed by atoms with van der Waals surface area (Å²) in [5.41, 5.74) is 1.24. The highest BCUT2D eigenvalue weighted by molar-refractivity contribution is 6.07. The minimum atomic E-state index is 0.504. The van der Waals surface area contributed by atoms with Crippen LogP contribution in [0, 0.1) is 0 Å². The minimum Gasteiger partial charge on any atom is -0.493 e. The van der Waals surface area contributed by atoms with Gasteiger partial charge in [-0.05, 0) is 17.7 Å². The van der Waals surface area contributed by atoms with Crippen molar-refractivity contribution in [1.82, 2.24) is 4.90 Å². The molecule has 0 saturated heterocycles. The van der Waals surface area contributed by atoms with E-state index in [1.807, 2.05) is 14.1 Å². The zero-order chi connectivity index (χ0) is 14.4. The fraction of sp³-hybridized carbons (Fsp3) is 0.357. The molecule has 0 amide bonds. The minimum absolute atomic E-state index is 0.504. The van der Waals surface area contributed by atoms with Crippen LogP contribution >= 0.6 is 0 Å². The Hall–Kier alpha value is -2.17. The quantitative estimate of drug-likeness (QED) is 0.580. The maximum absolute atomic E-state index is 11.2. The lowest BCUT2D eigenvalue weighted by atomic mass is 10.1. The summed E-state index contributed by atoms with van der Waals surface area (Å²) in [4.78, 5) is 13.0. The number of hydrogen-bond acceptors (Lipinski definition) is 5. The van der Waals surface area contributed by atoms with Gasteiger partial charge in [0, 0.05) is 25.9 Å². The molecular weight excluding hydrogens is 246 g/mol. The van der Waals surface area contributed by atoms with Crippen LogP contribution < -0.4 is 14.2 Å². The zero-order valence-electron chi connectivity index (χ0n) is 11.9. The van der Waals surface area contributed by atoms with Gasteiger partial charge in [0.1, 0.15) is 0 Å². The van der Waals surface area contributed by atoms with Crippen molar-refractivity contribution in [3.63, 3.8) is 0 Å². The van der Waals surface area contributed by atoms with Crippen molar-refractivity contribution in [1.29, 1.82) is 0 Å². The second-order valence-corrected chi connectivity index (χ2v) is 4.08. The molecule has 0 unspecified atom stereocenters. The van der Waals surface area contributed by atoms with Gasteiger partial charge >= 0.3 is 0 Å². The number of allylic oxidation sites excluding steroid dienone is 1. The average Bonchev–Trinajstić information content (AvgIpc) is 2.42. The van der Waals surface area contributed by atoms with Gasteiger partial charge in [0.05, 0.1) is 21.3 Å². The Bertz CT molecular complexity index is 455. The second-order valence-electron chi connectivity index (χ2n) is 4.08. The number of rotatable bonds is 6. The molecule has 5 nitrogen and oxygen atoms in total. The van der Waals surface area contributed by atoms with E-state index in [9.17, 15) is 4.79 Å². The van der Waals surface area contributed by atoms with E-state index >= 15 is 0 Å². The van der Waals surface area contributed by atoms with Crippen molar-refractivity contribution in [2.24, 2.45) is 0 Å². The van der Waals surface area contributed by atoms with Crippen molar-refractivity contribution < 1.29 is 19.0 Å². The first-order chi connectivity index (χ1) is 9.07. The van der Waals surface area contributed by atoms with E-state index in [1.54, 1.807) is 23.2 Å². The molecule has 0 spiro atoms. The molecule has 0 aromatic heterocycles. The van der Waals surface area contributed by atoms with Crippen LogP contribution in [0.1, 0.15) is 5.56 Å². The SMILES string of the molecule is COc1cc(/C(C=O)=C\N(C)C)cc(OC)c1OC. The first kappa shape index (κ1) is 14.9. The fourth-order valence-corrected chi connectivity index (χ4v) is 1.70. The number of aldehydes is 1. The molecule has 5 heteroatoms. The molecule has 19 heavy (non-hydrogen) atoms. The van der Waals surface area contributed by atoms with Gasteiger partial charge in [-0.1, -0.05) is 0 Å². The van der Waals surface area contributed by atoms with Crippen LogP contribution in [0.25, 0.3) is 5.57 Å². The van der Waals surface area contributed by atoms with Crippen LogP contribution in [0.4, 0.5) is 0 Å². The topological polar surface area (TPSA) is 48.0 Å². The largest absolute Gasteiger partial charge is 0.493 e. The van der Waals surface area contributed by atoms with E-state index in [4.69, 9.17) is 14.2 Å². The van der Waals surface area contributed by atoms with Gasteiger partial charge in [0.15, 0.2) is 17.8 Å². The second kappa shape index (κ2) is 6.68. The standard InChI is InChI=1S/C14H19NO4/c1-15(2)8-11(9-16)10-6-12(17-3)14(19-5)13(7-10)18-4/h6-9H,1-5H3/b11-8-. The third-order valence-corrected chi connectivity index (χ3v) is 2.52. The van der Waals surface area contributed by atoms with Crippen molar-refractivity contribution in [2.45, 2.75) is 0 Å². The number of carbonyl (C=O) groups is 1. The summed E-state index contributed by atoms with van der Waals surface area (Å²) in [6.07, 6.45) is 2.52. The highest BCUT2D eigenvalue weighted by Gasteiger charge is 2.15. The summed E-state index contributed by atoms with van der Waals surface area (Å²) in [6, 6.07) is 3.48. The van der Waals surface area contributed by atoms with Crippen molar-refractivity contribution in [3.05, 3.63) is 23.9 Å². The van der Waals surface area contributed by atoms with Crippen molar-refractivity contribution in [3.8, 4) is 17.2 Å². The highest BCUT2D eigenvalue weighted by Crippen LogP contribution is 2.39. The Morgan fingerprint density at radius 3 is 1.89 bits per heavy atom. The molecule has 1 aromatic rings. The van der Waals surface area contributed by atoms with Gasteiger partial charge in [0.2, 0.25) is 5.75 Å². The summed E-state index contributed by atoms with van der Waals surface area (Å²) >= 11 is 0. The van der Waals surface area contributed by atoms with Gasteiger partial charge in [-0.25, -0.2) is 0 Å². The van der Waals surface area contributed by atoms with Crippen LogP contribution in [0.3, 0.4) is 0 Å². The molecule has 0 aliphatic rings. The molecule has 104 valence electrons. The molecule has 0 radical (unpaired) electrons. The summed E-state index contributed by atoms with van der Waals surface area (Å²) < 4.78 is 15.8. The molecule has 0 N–H and O–H groups in total. The number of nitrogens with zero attached hydrogens (tertiary/aromatic N) is 1. The number of methoxy groups -OCH3 is 3. The Kier molecular flexibility index (Phi) is 5.23. The maximum atomic E-state index is 11.2. The fourth-order valence-electron chi connectivity index (χ4n) is 1.70. The van der Waals surface area contributed by atoms with Gasteiger partial charge < -0.3 is 19.1 Å². The predicted octanol–water partition coefficient (Wildman–Crippen LogP) is 1.81. The average molecular weight is 265 g/mol. The first-order valence-electron chi connectivity index (χ1n) is 5.71. The first-order valence-corrected chi connectivity index (χ1v) is 5.71. The Labute approximate surface area is 113 Å². The Morgan fingerprint density at radius 1 is 1.05 bits per heavy atom. The van der Waals surface area contributed by atoms with Gasteiger partial charge in [0.25, 0.3) is 0 Å². The van der Waals surface area contributed by atoms with E-state index < -0.39 is 0 Å². The lowest BCUT2D eigenvalue weighted by Gasteiger charge is -2.15. The summed E-state index contributed by atoms with van der Waals surface area (Å²) in [5.74, 6) is 1.54. The number of hydrogen-bond donors (Lipinski definition) is 0. The predicted molar refractivity (Wildman–Crippen MR) is 73.8 cm³/mol. The number of carbonyl (C=O) groups excluding carboxylic acids is 1. The van der Waals surface area contributed by atoms with E-state index in [1.165, 1.54) is 21.3 Å². The van der Waals surface area contributed by atoms with E-state index in [-0.39, 0.29) is 0 Å². The summed E-state index contributed by atoms with van der Waals surface area (Å²) in [5, 5.41) is 0.